The molecule has 0 amide bonds. The van der Waals surface area contributed by atoms with Gasteiger partial charge in [-0.2, -0.15) is 0 Å². The number of benzene rings is 2. The molecule has 1 aromatic heterocycles. The van der Waals surface area contributed by atoms with E-state index in [0.29, 0.717) is 11.1 Å². The Morgan fingerprint density at radius 1 is 1.18 bits per heavy atom. The number of sulfonamides is 1. The van der Waals surface area contributed by atoms with E-state index < -0.39 is 16.0 Å². The van der Waals surface area contributed by atoms with E-state index in [0.717, 1.165) is 0 Å². The number of anilines is 1. The molecule has 0 aliphatic rings. The van der Waals surface area contributed by atoms with Crippen LogP contribution in [0, 0.1) is 0 Å². The summed E-state index contributed by atoms with van der Waals surface area (Å²) in [5.74, 6) is -1.31. The van der Waals surface area contributed by atoms with Crippen molar-refractivity contribution in [2.45, 2.75) is 4.90 Å². The molecule has 0 radical (unpaired) electrons. The molecule has 0 fully saturated rings. The number of aromatic carboxylic acids is 1. The molecule has 0 atom stereocenters. The van der Waals surface area contributed by atoms with Gasteiger partial charge in [0.05, 0.1) is 11.3 Å². The van der Waals surface area contributed by atoms with Gasteiger partial charge in [-0.1, -0.05) is 12.1 Å². The highest BCUT2D eigenvalue weighted by Crippen LogP contribution is 2.22. The van der Waals surface area contributed by atoms with Crippen LogP contribution in [0.3, 0.4) is 0 Å². The first kappa shape index (κ1) is 14.1. The van der Waals surface area contributed by atoms with Gasteiger partial charge in [-0.15, -0.1) is 0 Å². The predicted molar refractivity (Wildman–Crippen MR) is 78.2 cm³/mol. The number of oxazole rings is 1. The fraction of sp³-hybridized carbons (Fsp3) is 0. The smallest absolute Gasteiger partial charge is 0.337 e. The lowest BCUT2D eigenvalue weighted by Crippen LogP contribution is -2.16. The van der Waals surface area contributed by atoms with Gasteiger partial charge in [0.1, 0.15) is 10.4 Å². The second-order valence-electron chi connectivity index (χ2n) is 4.44. The second kappa shape index (κ2) is 5.15. The van der Waals surface area contributed by atoms with E-state index in [4.69, 9.17) is 9.52 Å². The average Bonchev–Trinajstić information content (AvgIpc) is 2.94. The number of nitrogens with one attached hydrogen (secondary N) is 1. The van der Waals surface area contributed by atoms with Gasteiger partial charge in [0.2, 0.25) is 0 Å². The van der Waals surface area contributed by atoms with Crippen molar-refractivity contribution < 1.29 is 22.7 Å². The molecule has 0 spiro atoms. The summed E-state index contributed by atoms with van der Waals surface area (Å²) in [5.41, 5.74) is 0.986. The van der Waals surface area contributed by atoms with Crippen LogP contribution in [0.25, 0.3) is 11.1 Å². The van der Waals surface area contributed by atoms with Crippen LogP contribution in [-0.4, -0.2) is 24.5 Å². The number of carboxylic acids is 1. The maximum Gasteiger partial charge on any atom is 0.337 e. The molecule has 0 aliphatic carbocycles. The Kier molecular flexibility index (Phi) is 3.30. The minimum atomic E-state index is -4.03. The summed E-state index contributed by atoms with van der Waals surface area (Å²) in [7, 11) is -4.03. The zero-order valence-corrected chi connectivity index (χ0v) is 11.9. The highest BCUT2D eigenvalue weighted by atomic mass is 32.2. The molecule has 1 heterocycles. The van der Waals surface area contributed by atoms with Crippen molar-refractivity contribution in [3.05, 3.63) is 54.4 Å². The van der Waals surface area contributed by atoms with E-state index in [-0.39, 0.29) is 16.1 Å². The summed E-state index contributed by atoms with van der Waals surface area (Å²) in [6.45, 7) is 0. The molecule has 3 rings (SSSR count). The first-order valence-electron chi connectivity index (χ1n) is 6.16. The van der Waals surface area contributed by atoms with Crippen LogP contribution in [0.4, 0.5) is 5.69 Å². The van der Waals surface area contributed by atoms with E-state index in [1.807, 2.05) is 0 Å². The normalized spacial score (nSPS) is 11.5. The van der Waals surface area contributed by atoms with Crippen molar-refractivity contribution in [3.8, 4) is 0 Å². The topological polar surface area (TPSA) is 110 Å². The highest BCUT2D eigenvalue weighted by molar-refractivity contribution is 7.92. The lowest BCUT2D eigenvalue weighted by atomic mass is 10.2. The number of nitrogens with zero attached hydrogens (tertiary/aromatic N) is 1. The summed E-state index contributed by atoms with van der Waals surface area (Å²) in [4.78, 5) is 14.8. The molecule has 2 aromatic carbocycles. The first-order chi connectivity index (χ1) is 10.5. The Hall–Kier alpha value is -2.87. The van der Waals surface area contributed by atoms with Crippen LogP contribution in [-0.2, 0) is 10.0 Å². The molecule has 22 heavy (non-hydrogen) atoms. The van der Waals surface area contributed by atoms with Gasteiger partial charge < -0.3 is 9.52 Å². The van der Waals surface area contributed by atoms with Crippen molar-refractivity contribution in [1.82, 2.24) is 4.98 Å². The third kappa shape index (κ3) is 2.51. The molecule has 3 aromatic rings. The summed E-state index contributed by atoms with van der Waals surface area (Å²) < 4.78 is 32.2. The molecular weight excluding hydrogens is 308 g/mol. The Labute approximate surface area is 125 Å². The van der Waals surface area contributed by atoms with E-state index in [1.165, 1.54) is 42.8 Å². The Balaban J connectivity index is 2.01. The number of aromatic nitrogens is 1. The fourth-order valence-corrected chi connectivity index (χ4v) is 3.26. The molecule has 2 N–H and O–H groups in total. The standard InChI is InChI=1S/C14H10N2O5S/c17-14(18)10-3-1-2-4-13(10)22(19,20)16-9-5-6-12-11(7-9)15-8-21-12/h1-8,16H,(H,17,18). The third-order valence-corrected chi connectivity index (χ3v) is 4.43. The van der Waals surface area contributed by atoms with Gasteiger partial charge >= 0.3 is 5.97 Å². The van der Waals surface area contributed by atoms with Crippen molar-refractivity contribution in [1.29, 1.82) is 0 Å². The van der Waals surface area contributed by atoms with E-state index in [2.05, 4.69) is 9.71 Å². The molecule has 7 nitrogen and oxygen atoms in total. The molecule has 0 saturated heterocycles. The number of hydrogen-bond acceptors (Lipinski definition) is 5. The quantitative estimate of drug-likeness (QED) is 0.764. The minimum Gasteiger partial charge on any atom is -0.478 e. The second-order valence-corrected chi connectivity index (χ2v) is 6.09. The van der Waals surface area contributed by atoms with Crippen LogP contribution >= 0.6 is 0 Å². The van der Waals surface area contributed by atoms with Gasteiger partial charge in [-0.05, 0) is 30.3 Å². The van der Waals surface area contributed by atoms with Gasteiger partial charge in [0.25, 0.3) is 10.0 Å². The molecule has 0 unspecified atom stereocenters. The predicted octanol–water partition coefficient (Wildman–Crippen LogP) is 2.33. The number of carboxylic acid groups (broad SMARTS) is 1. The monoisotopic (exact) mass is 318 g/mol. The highest BCUT2D eigenvalue weighted by Gasteiger charge is 2.22. The zero-order valence-electron chi connectivity index (χ0n) is 11.1. The van der Waals surface area contributed by atoms with Crippen LogP contribution in [0.5, 0.6) is 0 Å². The summed E-state index contributed by atoms with van der Waals surface area (Å²) >= 11 is 0. The van der Waals surface area contributed by atoms with Crippen LogP contribution in [0.15, 0.2) is 58.2 Å². The van der Waals surface area contributed by atoms with Crippen molar-refractivity contribution in [3.63, 3.8) is 0 Å². The molecule has 0 aliphatic heterocycles. The lowest BCUT2D eigenvalue weighted by molar-refractivity contribution is 0.0692. The van der Waals surface area contributed by atoms with Crippen LogP contribution < -0.4 is 4.72 Å². The molecule has 0 bridgehead atoms. The van der Waals surface area contributed by atoms with Gasteiger partial charge in [-0.25, -0.2) is 18.2 Å². The minimum absolute atomic E-state index is 0.265. The van der Waals surface area contributed by atoms with E-state index in [1.54, 1.807) is 6.07 Å². The van der Waals surface area contributed by atoms with Gasteiger partial charge in [-0.3, -0.25) is 4.72 Å². The Morgan fingerprint density at radius 3 is 2.73 bits per heavy atom. The average molecular weight is 318 g/mol. The maximum atomic E-state index is 12.4. The van der Waals surface area contributed by atoms with Crippen LogP contribution in [0.1, 0.15) is 10.4 Å². The largest absolute Gasteiger partial charge is 0.478 e. The van der Waals surface area contributed by atoms with Crippen LogP contribution in [0.2, 0.25) is 0 Å². The van der Waals surface area contributed by atoms with Crippen molar-refractivity contribution in [2.24, 2.45) is 0 Å². The van der Waals surface area contributed by atoms with E-state index >= 15 is 0 Å². The summed E-state index contributed by atoms with van der Waals surface area (Å²) in [6.07, 6.45) is 1.25. The fourth-order valence-electron chi connectivity index (χ4n) is 2.01. The van der Waals surface area contributed by atoms with Gasteiger partial charge in [0, 0.05) is 0 Å². The Morgan fingerprint density at radius 2 is 1.95 bits per heavy atom. The molecular formula is C14H10N2O5S. The number of hydrogen-bond donors (Lipinski definition) is 2. The lowest BCUT2D eigenvalue weighted by Gasteiger charge is -2.10. The first-order valence-corrected chi connectivity index (χ1v) is 7.64. The maximum absolute atomic E-state index is 12.4. The Bertz CT molecular complexity index is 962. The van der Waals surface area contributed by atoms with Crippen molar-refractivity contribution in [2.75, 3.05) is 4.72 Å². The van der Waals surface area contributed by atoms with Gasteiger partial charge in [0.15, 0.2) is 12.0 Å². The summed E-state index contributed by atoms with van der Waals surface area (Å²) in [6, 6.07) is 9.97. The molecule has 112 valence electrons. The zero-order chi connectivity index (χ0) is 15.7. The van der Waals surface area contributed by atoms with Crippen molar-refractivity contribution >= 4 is 32.8 Å². The number of carbonyl (C=O) groups is 1. The molecule has 0 saturated carbocycles. The third-order valence-electron chi connectivity index (χ3n) is 2.99. The number of fused-ring (bicyclic) bond motifs is 1. The SMILES string of the molecule is O=C(O)c1ccccc1S(=O)(=O)Nc1ccc2ocnc2c1. The number of rotatable bonds is 4. The van der Waals surface area contributed by atoms with E-state index in [9.17, 15) is 13.2 Å². The summed E-state index contributed by atoms with van der Waals surface area (Å²) in [5, 5.41) is 9.09. The molecule has 8 heteroatoms.